The molecule has 0 bridgehead atoms. The van der Waals surface area contributed by atoms with Crippen LogP contribution < -0.4 is 4.74 Å². The van der Waals surface area contributed by atoms with Crippen LogP contribution in [0, 0.1) is 27.3 Å². The number of hydrogen-bond acceptors (Lipinski definition) is 5. The van der Waals surface area contributed by atoms with Gasteiger partial charge in [-0.2, -0.15) is 9.65 Å². The zero-order valence-corrected chi connectivity index (χ0v) is 9.41. The Morgan fingerprint density at radius 2 is 2.16 bits per heavy atom. The summed E-state index contributed by atoms with van der Waals surface area (Å²) in [5.74, 6) is -0.836. The second-order valence-corrected chi connectivity index (χ2v) is 3.45. The predicted molar refractivity (Wildman–Crippen MR) is 62.1 cm³/mol. The highest BCUT2D eigenvalue weighted by Crippen LogP contribution is 2.25. The fourth-order valence-corrected chi connectivity index (χ4v) is 1.35. The highest BCUT2D eigenvalue weighted by Gasteiger charge is 2.14. The number of benzene rings is 1. The van der Waals surface area contributed by atoms with Crippen LogP contribution in [-0.2, 0) is 0 Å². The van der Waals surface area contributed by atoms with Crippen molar-refractivity contribution < 1.29 is 14.1 Å². The SMILES string of the molecule is N#Cc1cccc(Oc2ccc([N+](=O)[O-])c(F)c2)n1. The molecular weight excluding hydrogens is 253 g/mol. The molecule has 0 spiro atoms. The summed E-state index contributed by atoms with van der Waals surface area (Å²) in [5, 5.41) is 19.1. The van der Waals surface area contributed by atoms with Gasteiger partial charge >= 0.3 is 5.69 Å². The van der Waals surface area contributed by atoms with Crippen molar-refractivity contribution >= 4 is 5.69 Å². The summed E-state index contributed by atoms with van der Waals surface area (Å²) in [7, 11) is 0. The van der Waals surface area contributed by atoms with Gasteiger partial charge in [-0.3, -0.25) is 10.1 Å². The van der Waals surface area contributed by atoms with Crippen molar-refractivity contribution in [3.05, 3.63) is 58.0 Å². The van der Waals surface area contributed by atoms with E-state index in [1.807, 2.05) is 6.07 Å². The van der Waals surface area contributed by atoms with Crippen molar-refractivity contribution in [3.63, 3.8) is 0 Å². The van der Waals surface area contributed by atoms with Crippen LogP contribution in [0.25, 0.3) is 0 Å². The fraction of sp³-hybridized carbons (Fsp3) is 0. The van der Waals surface area contributed by atoms with Crippen LogP contribution in [0.3, 0.4) is 0 Å². The van der Waals surface area contributed by atoms with E-state index in [1.54, 1.807) is 6.07 Å². The molecule has 1 aromatic heterocycles. The number of hydrogen-bond donors (Lipinski definition) is 0. The first-order chi connectivity index (χ1) is 9.10. The summed E-state index contributed by atoms with van der Waals surface area (Å²) < 4.78 is 18.6. The van der Waals surface area contributed by atoms with E-state index >= 15 is 0 Å². The van der Waals surface area contributed by atoms with Gasteiger partial charge in [-0.25, -0.2) is 4.98 Å². The number of pyridine rings is 1. The molecule has 7 heteroatoms. The van der Waals surface area contributed by atoms with Crippen molar-refractivity contribution in [2.24, 2.45) is 0 Å². The Morgan fingerprint density at radius 1 is 1.37 bits per heavy atom. The molecule has 0 aliphatic rings. The molecule has 0 saturated carbocycles. The van der Waals surface area contributed by atoms with Crippen molar-refractivity contribution in [2.45, 2.75) is 0 Å². The summed E-state index contributed by atoms with van der Waals surface area (Å²) in [6.07, 6.45) is 0. The highest BCUT2D eigenvalue weighted by atomic mass is 19.1. The summed E-state index contributed by atoms with van der Waals surface area (Å²) >= 11 is 0. The van der Waals surface area contributed by atoms with E-state index in [0.29, 0.717) is 0 Å². The maximum absolute atomic E-state index is 13.4. The molecule has 1 aromatic carbocycles. The number of ether oxygens (including phenoxy) is 1. The lowest BCUT2D eigenvalue weighted by Gasteiger charge is -2.04. The van der Waals surface area contributed by atoms with Gasteiger partial charge < -0.3 is 4.74 Å². The quantitative estimate of drug-likeness (QED) is 0.624. The lowest BCUT2D eigenvalue weighted by molar-refractivity contribution is -0.387. The van der Waals surface area contributed by atoms with Gasteiger partial charge in [0, 0.05) is 18.2 Å². The lowest BCUT2D eigenvalue weighted by atomic mass is 10.3. The standard InChI is InChI=1S/C12H6FN3O3/c13-10-6-9(4-5-11(10)16(17)18)19-12-3-1-2-8(7-14)15-12/h1-6H. The molecular formula is C12H6FN3O3. The van der Waals surface area contributed by atoms with Crippen LogP contribution >= 0.6 is 0 Å². The van der Waals surface area contributed by atoms with E-state index in [1.165, 1.54) is 18.2 Å². The molecule has 2 aromatic rings. The first kappa shape index (κ1) is 12.4. The molecule has 0 atom stereocenters. The van der Waals surface area contributed by atoms with Crippen LogP contribution in [0.2, 0.25) is 0 Å². The number of nitriles is 1. The minimum atomic E-state index is -1.00. The normalized spacial score (nSPS) is 9.68. The van der Waals surface area contributed by atoms with E-state index in [-0.39, 0.29) is 17.3 Å². The molecule has 0 fully saturated rings. The molecule has 0 saturated heterocycles. The molecule has 0 aliphatic heterocycles. The van der Waals surface area contributed by atoms with Gasteiger partial charge in [-0.1, -0.05) is 6.07 Å². The maximum Gasteiger partial charge on any atom is 0.305 e. The third kappa shape index (κ3) is 2.81. The van der Waals surface area contributed by atoms with Crippen LogP contribution in [0.1, 0.15) is 5.69 Å². The number of nitro groups is 1. The van der Waals surface area contributed by atoms with Gasteiger partial charge in [-0.15, -0.1) is 0 Å². The van der Waals surface area contributed by atoms with Gasteiger partial charge in [0.25, 0.3) is 0 Å². The predicted octanol–water partition coefficient (Wildman–Crippen LogP) is 2.79. The number of nitro benzene ring substituents is 1. The van der Waals surface area contributed by atoms with E-state index in [0.717, 1.165) is 12.1 Å². The molecule has 1 heterocycles. The maximum atomic E-state index is 13.4. The molecule has 0 radical (unpaired) electrons. The molecule has 2 rings (SSSR count). The van der Waals surface area contributed by atoms with Crippen molar-refractivity contribution in [1.82, 2.24) is 4.98 Å². The van der Waals surface area contributed by atoms with Gasteiger partial charge in [0.1, 0.15) is 17.5 Å². The smallest absolute Gasteiger partial charge is 0.305 e. The molecule has 0 unspecified atom stereocenters. The first-order valence-corrected chi connectivity index (χ1v) is 5.09. The van der Waals surface area contributed by atoms with Gasteiger partial charge in [0.15, 0.2) is 0 Å². The molecule has 0 aliphatic carbocycles. The van der Waals surface area contributed by atoms with E-state index in [2.05, 4.69) is 4.98 Å². The van der Waals surface area contributed by atoms with Crippen LogP contribution in [0.5, 0.6) is 11.6 Å². The zero-order valence-electron chi connectivity index (χ0n) is 9.41. The fourth-order valence-electron chi connectivity index (χ4n) is 1.35. The molecule has 19 heavy (non-hydrogen) atoms. The first-order valence-electron chi connectivity index (χ1n) is 5.09. The molecule has 6 nitrogen and oxygen atoms in total. The number of nitrogens with zero attached hydrogens (tertiary/aromatic N) is 3. The van der Waals surface area contributed by atoms with Crippen LogP contribution in [0.4, 0.5) is 10.1 Å². The Bertz CT molecular complexity index is 682. The average Bonchev–Trinajstić information content (AvgIpc) is 2.38. The monoisotopic (exact) mass is 259 g/mol. The number of halogens is 1. The summed E-state index contributed by atoms with van der Waals surface area (Å²) in [5.41, 5.74) is -0.481. The summed E-state index contributed by atoms with van der Waals surface area (Å²) in [6, 6.07) is 9.51. The molecule has 0 N–H and O–H groups in total. The van der Waals surface area contributed by atoms with Gasteiger partial charge in [0.05, 0.1) is 4.92 Å². The van der Waals surface area contributed by atoms with Gasteiger partial charge in [-0.05, 0) is 12.1 Å². The summed E-state index contributed by atoms with van der Waals surface area (Å²) in [4.78, 5) is 13.5. The third-order valence-electron chi connectivity index (χ3n) is 2.18. The zero-order chi connectivity index (χ0) is 13.8. The largest absolute Gasteiger partial charge is 0.439 e. The second kappa shape index (κ2) is 5.10. The highest BCUT2D eigenvalue weighted by molar-refractivity contribution is 5.39. The van der Waals surface area contributed by atoms with Crippen LogP contribution in [-0.4, -0.2) is 9.91 Å². The van der Waals surface area contributed by atoms with Crippen molar-refractivity contribution in [3.8, 4) is 17.7 Å². The number of rotatable bonds is 3. The minimum absolute atomic E-state index is 0.0608. The Kier molecular flexibility index (Phi) is 3.34. The van der Waals surface area contributed by atoms with E-state index < -0.39 is 16.4 Å². The third-order valence-corrected chi connectivity index (χ3v) is 2.18. The Balaban J connectivity index is 2.26. The average molecular weight is 259 g/mol. The Hall–Kier alpha value is -3.01. The van der Waals surface area contributed by atoms with E-state index in [4.69, 9.17) is 10.00 Å². The summed E-state index contributed by atoms with van der Waals surface area (Å²) in [6.45, 7) is 0. The minimum Gasteiger partial charge on any atom is -0.439 e. The van der Waals surface area contributed by atoms with Gasteiger partial charge in [0.2, 0.25) is 11.7 Å². The van der Waals surface area contributed by atoms with Crippen LogP contribution in [0.15, 0.2) is 36.4 Å². The van der Waals surface area contributed by atoms with Crippen molar-refractivity contribution in [2.75, 3.05) is 0 Å². The lowest BCUT2D eigenvalue weighted by Crippen LogP contribution is -1.94. The molecule has 94 valence electrons. The molecule has 0 amide bonds. The second-order valence-electron chi connectivity index (χ2n) is 3.45. The Labute approximate surface area is 106 Å². The topological polar surface area (TPSA) is 89.0 Å². The van der Waals surface area contributed by atoms with E-state index in [9.17, 15) is 14.5 Å². The van der Waals surface area contributed by atoms with Crippen molar-refractivity contribution in [1.29, 1.82) is 5.26 Å². The number of aromatic nitrogens is 1. The Morgan fingerprint density at radius 3 is 2.79 bits per heavy atom.